The largest absolute Gasteiger partial charge is 0.370 e. The van der Waals surface area contributed by atoms with Gasteiger partial charge in [-0.2, -0.15) is 0 Å². The van der Waals surface area contributed by atoms with Crippen LogP contribution in [0.4, 0.5) is 14.6 Å². The van der Waals surface area contributed by atoms with E-state index >= 15 is 0 Å². The second kappa shape index (κ2) is 8.45. The van der Waals surface area contributed by atoms with Gasteiger partial charge < -0.3 is 14.6 Å². The Labute approximate surface area is 192 Å². The van der Waals surface area contributed by atoms with E-state index in [9.17, 15) is 18.4 Å². The molecule has 0 amide bonds. The summed E-state index contributed by atoms with van der Waals surface area (Å²) in [6.07, 6.45) is 1.18. The summed E-state index contributed by atoms with van der Waals surface area (Å²) >= 11 is 0. The lowest BCUT2D eigenvalue weighted by molar-refractivity contribution is 0.0394. The van der Waals surface area contributed by atoms with Crippen LogP contribution in [0.25, 0.3) is 22.2 Å². The number of H-pyrrole nitrogens is 1. The molecule has 1 atom stereocenters. The number of halogens is 2. The van der Waals surface area contributed by atoms with Crippen LogP contribution in [0.1, 0.15) is 17.5 Å². The van der Waals surface area contributed by atoms with Gasteiger partial charge in [0.2, 0.25) is 5.56 Å². The molecule has 0 aliphatic carbocycles. The average molecular weight is 465 g/mol. The van der Waals surface area contributed by atoms with E-state index in [1.54, 1.807) is 32.3 Å². The summed E-state index contributed by atoms with van der Waals surface area (Å²) in [5.41, 5.74) is 0.591. The Kier molecular flexibility index (Phi) is 5.45. The second-order valence-electron chi connectivity index (χ2n) is 8.16. The predicted octanol–water partition coefficient (Wildman–Crippen LogP) is 2.85. The third-order valence-corrected chi connectivity index (χ3v) is 6.02. The van der Waals surface area contributed by atoms with Crippen molar-refractivity contribution in [2.24, 2.45) is 7.05 Å². The highest BCUT2D eigenvalue weighted by molar-refractivity contribution is 5.93. The molecule has 1 fully saturated rings. The van der Waals surface area contributed by atoms with Gasteiger partial charge in [0.15, 0.2) is 0 Å². The Morgan fingerprint density at radius 3 is 2.71 bits per heavy atom. The van der Waals surface area contributed by atoms with Crippen LogP contribution in [0.2, 0.25) is 0 Å². The van der Waals surface area contributed by atoms with Crippen molar-refractivity contribution >= 4 is 16.7 Å². The molecule has 0 spiro atoms. The Balaban J connectivity index is 1.67. The summed E-state index contributed by atoms with van der Waals surface area (Å²) in [6, 6.07) is 8.11. The first-order valence-electron chi connectivity index (χ1n) is 10.7. The molecule has 174 valence electrons. The van der Waals surface area contributed by atoms with Crippen LogP contribution in [0, 0.1) is 18.6 Å². The lowest BCUT2D eigenvalue weighted by Crippen LogP contribution is -2.39. The number of hydrogen-bond acceptors (Lipinski definition) is 6. The number of nitrogens with one attached hydrogen (secondary N) is 1. The summed E-state index contributed by atoms with van der Waals surface area (Å²) in [4.78, 5) is 38.5. The highest BCUT2D eigenvalue weighted by Gasteiger charge is 2.26. The number of aromatic amines is 1. The molecule has 1 aliphatic rings. The fourth-order valence-corrected chi connectivity index (χ4v) is 4.14. The van der Waals surface area contributed by atoms with Crippen LogP contribution in [0.15, 0.2) is 52.2 Å². The number of morpholine rings is 1. The number of rotatable bonds is 3. The first kappa shape index (κ1) is 21.9. The number of aryl methyl sites for hydroxylation is 1. The van der Waals surface area contributed by atoms with E-state index in [-0.39, 0.29) is 33.9 Å². The fourth-order valence-electron chi connectivity index (χ4n) is 4.14. The smallest absolute Gasteiger partial charge is 0.263 e. The van der Waals surface area contributed by atoms with E-state index in [1.807, 2.05) is 4.90 Å². The third-order valence-electron chi connectivity index (χ3n) is 6.02. The zero-order chi connectivity index (χ0) is 24.0. The van der Waals surface area contributed by atoms with Crippen LogP contribution in [-0.2, 0) is 11.8 Å². The minimum absolute atomic E-state index is 0.00963. The Morgan fingerprint density at radius 2 is 1.94 bits per heavy atom. The monoisotopic (exact) mass is 465 g/mol. The summed E-state index contributed by atoms with van der Waals surface area (Å²) < 4.78 is 35.6. The molecule has 1 aliphatic heterocycles. The molecule has 10 heteroatoms. The molecule has 0 radical (unpaired) electrons. The minimum atomic E-state index is -0.822. The second-order valence-corrected chi connectivity index (χ2v) is 8.16. The van der Waals surface area contributed by atoms with Crippen LogP contribution >= 0.6 is 0 Å². The van der Waals surface area contributed by atoms with E-state index in [4.69, 9.17) is 4.74 Å². The van der Waals surface area contributed by atoms with Crippen molar-refractivity contribution in [2.45, 2.75) is 13.0 Å². The topological polar surface area (TPSA) is 93.1 Å². The SMILES string of the molecule is Cc1nc2cc(N3CCO[C@H](c4cc[nH]c(=O)c4)C3)nc(-c3ccc(F)cc3F)c2c(=O)n1C. The highest BCUT2D eigenvalue weighted by atomic mass is 19.1. The van der Waals surface area contributed by atoms with E-state index in [0.717, 1.165) is 17.7 Å². The van der Waals surface area contributed by atoms with E-state index < -0.39 is 11.6 Å². The number of hydrogen-bond donors (Lipinski definition) is 1. The number of pyridine rings is 2. The molecule has 0 unspecified atom stereocenters. The molecular formula is C24H21F2N5O3. The first-order valence-corrected chi connectivity index (χ1v) is 10.7. The van der Waals surface area contributed by atoms with Gasteiger partial charge in [-0.15, -0.1) is 0 Å². The fraction of sp³-hybridized carbons (Fsp3) is 0.250. The van der Waals surface area contributed by atoms with Gasteiger partial charge in [0.25, 0.3) is 5.56 Å². The van der Waals surface area contributed by atoms with Crippen molar-refractivity contribution in [3.05, 3.63) is 86.3 Å². The van der Waals surface area contributed by atoms with Crippen LogP contribution < -0.4 is 16.0 Å². The van der Waals surface area contributed by atoms with Gasteiger partial charge in [-0.05, 0) is 30.7 Å². The van der Waals surface area contributed by atoms with Gasteiger partial charge >= 0.3 is 0 Å². The first-order chi connectivity index (χ1) is 16.3. The number of ether oxygens (including phenoxy) is 1. The lowest BCUT2D eigenvalue weighted by Gasteiger charge is -2.34. The van der Waals surface area contributed by atoms with Gasteiger partial charge in [-0.1, -0.05) is 0 Å². The molecule has 34 heavy (non-hydrogen) atoms. The summed E-state index contributed by atoms with van der Waals surface area (Å²) in [5, 5.41) is 0.154. The maximum Gasteiger partial charge on any atom is 0.263 e. The number of nitrogens with zero attached hydrogens (tertiary/aromatic N) is 4. The summed E-state index contributed by atoms with van der Waals surface area (Å²) in [7, 11) is 1.58. The highest BCUT2D eigenvalue weighted by Crippen LogP contribution is 2.32. The van der Waals surface area contributed by atoms with Gasteiger partial charge in [-0.25, -0.2) is 18.7 Å². The Morgan fingerprint density at radius 1 is 1.12 bits per heavy atom. The lowest BCUT2D eigenvalue weighted by atomic mass is 10.1. The molecule has 5 rings (SSSR count). The standard InChI is InChI=1S/C24H21F2N5O3/c1-13-28-18-11-20(31-7-8-34-19(12-31)14-5-6-27-21(32)9-14)29-23(22(18)24(33)30(13)2)16-4-3-15(25)10-17(16)26/h3-6,9-11,19H,7-8,12H2,1-2H3,(H,27,32)/t19-/m0/s1. The molecule has 3 aromatic heterocycles. The van der Waals surface area contributed by atoms with Gasteiger partial charge in [0.1, 0.15) is 29.4 Å². The van der Waals surface area contributed by atoms with Crippen molar-refractivity contribution in [3.8, 4) is 11.3 Å². The molecule has 1 saturated heterocycles. The Hall–Kier alpha value is -3.92. The van der Waals surface area contributed by atoms with Gasteiger partial charge in [0.05, 0.1) is 23.2 Å². The summed E-state index contributed by atoms with van der Waals surface area (Å²) in [5.74, 6) is -0.581. The molecule has 1 aromatic carbocycles. The maximum absolute atomic E-state index is 14.8. The molecule has 1 N–H and O–H groups in total. The molecule has 0 bridgehead atoms. The third kappa shape index (κ3) is 3.86. The zero-order valence-corrected chi connectivity index (χ0v) is 18.5. The zero-order valence-electron chi connectivity index (χ0n) is 18.5. The average Bonchev–Trinajstić information content (AvgIpc) is 2.82. The van der Waals surface area contributed by atoms with Crippen molar-refractivity contribution in [2.75, 3.05) is 24.6 Å². The quantitative estimate of drug-likeness (QED) is 0.500. The van der Waals surface area contributed by atoms with E-state index in [2.05, 4.69) is 15.0 Å². The number of anilines is 1. The molecule has 4 aromatic rings. The van der Waals surface area contributed by atoms with E-state index in [0.29, 0.717) is 36.9 Å². The van der Waals surface area contributed by atoms with Crippen molar-refractivity contribution < 1.29 is 13.5 Å². The maximum atomic E-state index is 14.8. The molecule has 8 nitrogen and oxygen atoms in total. The minimum Gasteiger partial charge on any atom is -0.370 e. The van der Waals surface area contributed by atoms with E-state index in [1.165, 1.54) is 16.7 Å². The number of fused-ring (bicyclic) bond motifs is 1. The number of aromatic nitrogens is 4. The molecule has 4 heterocycles. The van der Waals surface area contributed by atoms with Gasteiger partial charge in [0, 0.05) is 50.1 Å². The Bertz CT molecular complexity index is 1530. The van der Waals surface area contributed by atoms with Crippen LogP contribution in [-0.4, -0.2) is 39.2 Å². The van der Waals surface area contributed by atoms with Crippen molar-refractivity contribution in [1.82, 2.24) is 19.5 Å². The number of benzene rings is 1. The van der Waals surface area contributed by atoms with Crippen molar-refractivity contribution in [1.29, 1.82) is 0 Å². The van der Waals surface area contributed by atoms with Crippen LogP contribution in [0.5, 0.6) is 0 Å². The molecular weight excluding hydrogens is 444 g/mol. The normalized spacial score (nSPS) is 16.2. The van der Waals surface area contributed by atoms with Gasteiger partial charge in [-0.3, -0.25) is 14.2 Å². The molecule has 0 saturated carbocycles. The van der Waals surface area contributed by atoms with Crippen molar-refractivity contribution in [3.63, 3.8) is 0 Å². The summed E-state index contributed by atoms with van der Waals surface area (Å²) in [6.45, 7) is 2.96. The predicted molar refractivity (Wildman–Crippen MR) is 123 cm³/mol. The van der Waals surface area contributed by atoms with Crippen LogP contribution in [0.3, 0.4) is 0 Å².